The summed E-state index contributed by atoms with van der Waals surface area (Å²) in [5, 5.41) is 14.5. The van der Waals surface area contributed by atoms with E-state index in [1.807, 2.05) is 13.8 Å². The number of halogens is 2. The monoisotopic (exact) mass is 402 g/mol. The highest BCUT2D eigenvalue weighted by molar-refractivity contribution is 6.04. The number of nitrogens with zero attached hydrogens (tertiary/aromatic N) is 4. The molecule has 0 amide bonds. The normalized spacial score (nSPS) is 16.1. The van der Waals surface area contributed by atoms with Crippen molar-refractivity contribution in [3.05, 3.63) is 53.4 Å². The van der Waals surface area contributed by atoms with Gasteiger partial charge in [0.05, 0.1) is 30.5 Å². The largest absolute Gasteiger partial charge is 0.493 e. The van der Waals surface area contributed by atoms with Crippen molar-refractivity contribution in [3.8, 4) is 5.75 Å². The fourth-order valence-electron chi connectivity index (χ4n) is 3.18. The molecule has 2 N–H and O–H groups in total. The summed E-state index contributed by atoms with van der Waals surface area (Å²) in [6.07, 6.45) is 3.34. The first-order chi connectivity index (χ1) is 13.8. The van der Waals surface area contributed by atoms with Crippen molar-refractivity contribution < 1.29 is 18.4 Å². The molecular weight excluding hydrogens is 382 g/mol. The summed E-state index contributed by atoms with van der Waals surface area (Å²) in [5.74, 6) is -0.373. The molecule has 0 saturated heterocycles. The second-order valence-corrected chi connectivity index (χ2v) is 7.15. The fraction of sp³-hybridized carbons (Fsp3) is 0.316. The summed E-state index contributed by atoms with van der Waals surface area (Å²) >= 11 is 0. The van der Waals surface area contributed by atoms with Crippen molar-refractivity contribution in [2.75, 3.05) is 12.4 Å². The number of oxime groups is 1. The van der Waals surface area contributed by atoms with E-state index in [0.29, 0.717) is 22.9 Å². The van der Waals surface area contributed by atoms with Crippen LogP contribution in [0.5, 0.6) is 5.75 Å². The van der Waals surface area contributed by atoms with Crippen LogP contribution in [-0.4, -0.2) is 33.3 Å². The number of rotatable bonds is 5. The maximum absolute atomic E-state index is 14.4. The molecule has 0 aliphatic carbocycles. The molecule has 10 heteroatoms. The second-order valence-electron chi connectivity index (χ2n) is 7.15. The maximum Gasteiger partial charge on any atom is 0.203 e. The Morgan fingerprint density at radius 1 is 1.24 bits per heavy atom. The molecule has 1 atom stereocenters. The minimum Gasteiger partial charge on any atom is -0.493 e. The lowest BCUT2D eigenvalue weighted by Crippen LogP contribution is -2.38. The third-order valence-electron chi connectivity index (χ3n) is 4.51. The number of nitrogens with one attached hydrogen (secondary N) is 2. The van der Waals surface area contributed by atoms with Gasteiger partial charge >= 0.3 is 0 Å². The van der Waals surface area contributed by atoms with Gasteiger partial charge in [0.1, 0.15) is 11.6 Å². The predicted octanol–water partition coefficient (Wildman–Crippen LogP) is 3.21. The number of hydrogen-bond donors (Lipinski definition) is 2. The second kappa shape index (κ2) is 6.87. The number of hydrogen-bond acceptors (Lipinski definition) is 7. The zero-order valence-electron chi connectivity index (χ0n) is 16.3. The van der Waals surface area contributed by atoms with Crippen molar-refractivity contribution in [2.24, 2.45) is 5.16 Å². The molecule has 0 saturated carbocycles. The Morgan fingerprint density at radius 3 is 2.69 bits per heavy atom. The lowest BCUT2D eigenvalue weighted by Gasteiger charge is -2.19. The van der Waals surface area contributed by atoms with Crippen molar-refractivity contribution in [1.29, 1.82) is 0 Å². The van der Waals surface area contributed by atoms with Gasteiger partial charge in [-0.3, -0.25) is 0 Å². The van der Waals surface area contributed by atoms with E-state index in [1.165, 1.54) is 7.11 Å². The number of anilines is 1. The topological polar surface area (TPSA) is 85.1 Å². The Hall–Kier alpha value is -3.43. The quantitative estimate of drug-likeness (QED) is 0.682. The number of amidine groups is 1. The van der Waals surface area contributed by atoms with Gasteiger partial charge in [0.25, 0.3) is 0 Å². The van der Waals surface area contributed by atoms with Gasteiger partial charge in [0, 0.05) is 6.20 Å². The van der Waals surface area contributed by atoms with Gasteiger partial charge in [-0.15, -0.1) is 0 Å². The molecule has 3 aromatic rings. The van der Waals surface area contributed by atoms with Crippen LogP contribution in [0.25, 0.3) is 5.65 Å². The number of fused-ring (bicyclic) bond motifs is 1. The SMILES string of the molecule is COc1c(F)ccc(F)c1C(C)Nc1ccn2ncc(C3=NOC(C)(C)N3)c2n1. The summed E-state index contributed by atoms with van der Waals surface area (Å²) in [4.78, 5) is 9.89. The van der Waals surface area contributed by atoms with Crippen LogP contribution >= 0.6 is 0 Å². The van der Waals surface area contributed by atoms with Crippen LogP contribution in [0.15, 0.2) is 35.7 Å². The van der Waals surface area contributed by atoms with E-state index >= 15 is 0 Å². The molecule has 1 aliphatic heterocycles. The van der Waals surface area contributed by atoms with Crippen LogP contribution in [0, 0.1) is 11.6 Å². The third kappa shape index (κ3) is 3.41. The van der Waals surface area contributed by atoms with E-state index in [9.17, 15) is 8.78 Å². The maximum atomic E-state index is 14.4. The molecule has 0 radical (unpaired) electrons. The zero-order chi connectivity index (χ0) is 20.8. The van der Waals surface area contributed by atoms with Crippen LogP contribution in [0.2, 0.25) is 0 Å². The van der Waals surface area contributed by atoms with E-state index in [1.54, 1.807) is 29.9 Å². The van der Waals surface area contributed by atoms with Gasteiger partial charge < -0.3 is 20.2 Å². The lowest BCUT2D eigenvalue weighted by molar-refractivity contribution is -0.00234. The van der Waals surface area contributed by atoms with Gasteiger partial charge in [0.2, 0.25) is 5.72 Å². The van der Waals surface area contributed by atoms with Gasteiger partial charge in [0.15, 0.2) is 23.0 Å². The van der Waals surface area contributed by atoms with Gasteiger partial charge in [-0.1, -0.05) is 5.16 Å². The number of methoxy groups -OCH3 is 1. The molecule has 4 rings (SSSR count). The van der Waals surface area contributed by atoms with E-state index in [0.717, 1.165) is 12.1 Å². The van der Waals surface area contributed by atoms with Crippen LogP contribution < -0.4 is 15.4 Å². The summed E-state index contributed by atoms with van der Waals surface area (Å²) < 4.78 is 35.0. The first kappa shape index (κ1) is 18.9. The van der Waals surface area contributed by atoms with E-state index in [4.69, 9.17) is 9.57 Å². The molecule has 8 nitrogen and oxygen atoms in total. The molecule has 29 heavy (non-hydrogen) atoms. The molecule has 1 aromatic carbocycles. The molecule has 1 unspecified atom stereocenters. The predicted molar refractivity (Wildman–Crippen MR) is 103 cm³/mol. The minimum atomic E-state index is -0.632. The Kier molecular flexibility index (Phi) is 4.48. The van der Waals surface area contributed by atoms with Gasteiger partial charge in [-0.25, -0.2) is 18.3 Å². The summed E-state index contributed by atoms with van der Waals surface area (Å²) in [7, 11) is 1.30. The number of aromatic nitrogens is 3. The zero-order valence-corrected chi connectivity index (χ0v) is 16.3. The molecule has 0 fully saturated rings. The average Bonchev–Trinajstić information content (AvgIpc) is 3.25. The standard InChI is InChI=1S/C19H20F2N6O2/c1-10(15-12(20)5-6-13(21)16(15)28-4)23-14-7-8-27-18(24-14)11(9-22-27)17-25-19(2,3)29-26-17/h5-10H,1-4H3,(H,23,24)(H,25,26). The van der Waals surface area contributed by atoms with Crippen molar-refractivity contribution in [2.45, 2.75) is 32.5 Å². The third-order valence-corrected chi connectivity index (χ3v) is 4.51. The van der Waals surface area contributed by atoms with Crippen molar-refractivity contribution >= 4 is 17.3 Å². The van der Waals surface area contributed by atoms with Crippen LogP contribution in [-0.2, 0) is 4.84 Å². The van der Waals surface area contributed by atoms with E-state index in [2.05, 4.69) is 25.9 Å². The molecular formula is C19H20F2N6O2. The van der Waals surface area contributed by atoms with Gasteiger partial charge in [-0.05, 0) is 39.0 Å². The molecule has 0 bridgehead atoms. The van der Waals surface area contributed by atoms with Crippen LogP contribution in [0.4, 0.5) is 14.6 Å². The highest BCUT2D eigenvalue weighted by Gasteiger charge is 2.30. The fourth-order valence-corrected chi connectivity index (χ4v) is 3.18. The lowest BCUT2D eigenvalue weighted by atomic mass is 10.1. The van der Waals surface area contributed by atoms with Crippen LogP contribution in [0.3, 0.4) is 0 Å². The highest BCUT2D eigenvalue weighted by Crippen LogP contribution is 2.32. The van der Waals surface area contributed by atoms with Crippen LogP contribution in [0.1, 0.15) is 37.9 Å². The first-order valence-corrected chi connectivity index (χ1v) is 8.96. The highest BCUT2D eigenvalue weighted by atomic mass is 19.1. The summed E-state index contributed by atoms with van der Waals surface area (Å²) in [6, 6.07) is 3.19. The first-order valence-electron chi connectivity index (χ1n) is 8.96. The summed E-state index contributed by atoms with van der Waals surface area (Å²) in [6.45, 7) is 5.39. The molecule has 2 aromatic heterocycles. The molecule has 0 spiro atoms. The van der Waals surface area contributed by atoms with E-state index in [-0.39, 0.29) is 11.3 Å². The minimum absolute atomic E-state index is 0.0832. The van der Waals surface area contributed by atoms with Gasteiger partial charge in [-0.2, -0.15) is 5.10 Å². The smallest absolute Gasteiger partial charge is 0.203 e. The summed E-state index contributed by atoms with van der Waals surface area (Å²) in [5.41, 5.74) is 0.641. The Labute approximate surface area is 165 Å². The van der Waals surface area contributed by atoms with E-state index < -0.39 is 23.4 Å². The Balaban J connectivity index is 1.66. The average molecular weight is 402 g/mol. The molecule has 152 valence electrons. The Morgan fingerprint density at radius 2 is 2.00 bits per heavy atom. The Bertz CT molecular complexity index is 1110. The van der Waals surface area contributed by atoms with Crippen molar-refractivity contribution in [1.82, 2.24) is 19.9 Å². The number of ether oxygens (including phenoxy) is 1. The molecule has 3 heterocycles. The number of benzene rings is 1. The molecule has 1 aliphatic rings. The van der Waals surface area contributed by atoms with Crippen molar-refractivity contribution in [3.63, 3.8) is 0 Å².